The molecule has 0 atom stereocenters. The third kappa shape index (κ3) is 4.83. The van der Waals surface area contributed by atoms with E-state index in [9.17, 15) is 13.2 Å². The molecule has 0 spiro atoms. The van der Waals surface area contributed by atoms with Crippen molar-refractivity contribution < 1.29 is 22.6 Å². The minimum atomic E-state index is -4.68. The van der Waals surface area contributed by atoms with Crippen LogP contribution in [0.5, 0.6) is 11.6 Å². The molecule has 0 fully saturated rings. The number of benzene rings is 1. The summed E-state index contributed by atoms with van der Waals surface area (Å²) in [5, 5.41) is 2.99. The van der Waals surface area contributed by atoms with Crippen LogP contribution in [0.25, 0.3) is 0 Å². The number of hydrogen-bond donors (Lipinski definition) is 1. The van der Waals surface area contributed by atoms with Gasteiger partial charge >= 0.3 is 6.36 Å². The summed E-state index contributed by atoms with van der Waals surface area (Å²) in [4.78, 5) is 8.03. The molecule has 0 unspecified atom stereocenters. The van der Waals surface area contributed by atoms with Gasteiger partial charge in [-0.1, -0.05) is 12.1 Å². The number of aromatic nitrogens is 2. The molecule has 0 radical (unpaired) electrons. The zero-order chi connectivity index (χ0) is 15.3. The average molecular weight is 299 g/mol. The maximum absolute atomic E-state index is 12.0. The molecule has 1 aromatic heterocycles. The minimum Gasteiger partial charge on any atom is -0.480 e. The van der Waals surface area contributed by atoms with Gasteiger partial charge in [-0.3, -0.25) is 4.98 Å². The first-order valence-electron chi connectivity index (χ1n) is 5.91. The Morgan fingerprint density at radius 2 is 1.86 bits per heavy atom. The molecule has 5 nitrogen and oxygen atoms in total. The molecule has 1 aromatic carbocycles. The van der Waals surface area contributed by atoms with Crippen LogP contribution in [0.1, 0.15) is 5.56 Å². The Morgan fingerprint density at radius 3 is 2.48 bits per heavy atom. The lowest BCUT2D eigenvalue weighted by atomic mass is 10.2. The predicted octanol–water partition coefficient (Wildman–Crippen LogP) is 3.00. The smallest absolute Gasteiger partial charge is 0.480 e. The second-order valence-electron chi connectivity index (χ2n) is 3.99. The van der Waals surface area contributed by atoms with Crippen LogP contribution < -0.4 is 14.8 Å². The molecular weight excluding hydrogens is 287 g/mol. The van der Waals surface area contributed by atoms with Gasteiger partial charge in [0.2, 0.25) is 5.88 Å². The molecule has 112 valence electrons. The van der Waals surface area contributed by atoms with Crippen LogP contribution in [0, 0.1) is 0 Å². The molecule has 1 heterocycles. The molecule has 1 N–H and O–H groups in total. The van der Waals surface area contributed by atoms with Crippen LogP contribution in [0.15, 0.2) is 36.7 Å². The van der Waals surface area contributed by atoms with Gasteiger partial charge in [0.15, 0.2) is 0 Å². The number of alkyl halides is 3. The van der Waals surface area contributed by atoms with Crippen molar-refractivity contribution in [3.05, 3.63) is 42.2 Å². The topological polar surface area (TPSA) is 56.3 Å². The largest absolute Gasteiger partial charge is 0.573 e. The Balaban J connectivity index is 1.94. The highest BCUT2D eigenvalue weighted by Gasteiger charge is 2.30. The van der Waals surface area contributed by atoms with Gasteiger partial charge in [-0.2, -0.15) is 4.98 Å². The monoisotopic (exact) mass is 299 g/mol. The zero-order valence-corrected chi connectivity index (χ0v) is 11.0. The van der Waals surface area contributed by atoms with Gasteiger partial charge in [-0.15, -0.1) is 13.2 Å². The van der Waals surface area contributed by atoms with E-state index in [0.29, 0.717) is 18.2 Å². The first-order chi connectivity index (χ1) is 9.96. The summed E-state index contributed by atoms with van der Waals surface area (Å²) in [5.41, 5.74) is 0.772. The molecule has 2 rings (SSSR count). The molecule has 8 heteroatoms. The van der Waals surface area contributed by atoms with Gasteiger partial charge in [-0.25, -0.2) is 0 Å². The van der Waals surface area contributed by atoms with E-state index in [4.69, 9.17) is 4.74 Å². The van der Waals surface area contributed by atoms with Crippen LogP contribution in [0.2, 0.25) is 0 Å². The van der Waals surface area contributed by atoms with Crippen molar-refractivity contribution in [1.29, 1.82) is 0 Å². The first kappa shape index (κ1) is 14.9. The van der Waals surface area contributed by atoms with Crippen LogP contribution >= 0.6 is 0 Å². The lowest BCUT2D eigenvalue weighted by Crippen LogP contribution is -2.17. The van der Waals surface area contributed by atoms with Crippen molar-refractivity contribution in [2.75, 3.05) is 12.4 Å². The minimum absolute atomic E-state index is 0.257. The van der Waals surface area contributed by atoms with Crippen molar-refractivity contribution >= 4 is 5.82 Å². The molecular formula is C13H12F3N3O2. The van der Waals surface area contributed by atoms with E-state index in [-0.39, 0.29) is 5.75 Å². The summed E-state index contributed by atoms with van der Waals surface area (Å²) in [5.74, 6) is 0.617. The maximum atomic E-state index is 12.0. The van der Waals surface area contributed by atoms with Gasteiger partial charge in [0.25, 0.3) is 0 Å². The molecule has 0 saturated carbocycles. The van der Waals surface area contributed by atoms with E-state index < -0.39 is 6.36 Å². The highest BCUT2D eigenvalue weighted by molar-refractivity contribution is 5.36. The zero-order valence-electron chi connectivity index (χ0n) is 11.0. The summed E-state index contributed by atoms with van der Waals surface area (Å²) in [6.07, 6.45) is -1.70. The third-order valence-electron chi connectivity index (χ3n) is 2.45. The Kier molecular flexibility index (Phi) is 4.46. The third-order valence-corrected chi connectivity index (χ3v) is 2.45. The standard InChI is InChI=1S/C13H12F3N3O2/c1-20-12-8-17-7-11(19-12)18-6-9-2-4-10(5-3-9)21-13(14,15)16/h2-5,7-8H,6H2,1H3,(H,18,19). The summed E-state index contributed by atoms with van der Waals surface area (Å²) < 4.78 is 44.8. The number of hydrogen-bond acceptors (Lipinski definition) is 5. The average Bonchev–Trinajstić information content (AvgIpc) is 2.45. The highest BCUT2D eigenvalue weighted by Crippen LogP contribution is 2.22. The summed E-state index contributed by atoms with van der Waals surface area (Å²) in [6, 6.07) is 5.56. The second kappa shape index (κ2) is 6.29. The number of anilines is 1. The Morgan fingerprint density at radius 1 is 1.14 bits per heavy atom. The van der Waals surface area contributed by atoms with E-state index >= 15 is 0 Å². The molecule has 0 bridgehead atoms. The van der Waals surface area contributed by atoms with Crippen LogP contribution in [-0.4, -0.2) is 23.4 Å². The summed E-state index contributed by atoms with van der Waals surface area (Å²) >= 11 is 0. The van der Waals surface area contributed by atoms with Gasteiger partial charge in [0, 0.05) is 6.54 Å². The predicted molar refractivity (Wildman–Crippen MR) is 69.0 cm³/mol. The molecule has 0 aliphatic rings. The van der Waals surface area contributed by atoms with E-state index in [2.05, 4.69) is 20.0 Å². The molecule has 2 aromatic rings. The fourth-order valence-electron chi connectivity index (χ4n) is 1.53. The number of nitrogens with zero attached hydrogens (tertiary/aromatic N) is 2. The van der Waals surface area contributed by atoms with Crippen LogP contribution in [0.4, 0.5) is 19.0 Å². The number of halogens is 3. The number of rotatable bonds is 5. The Hall–Kier alpha value is -2.51. The van der Waals surface area contributed by atoms with E-state index in [1.807, 2.05) is 0 Å². The van der Waals surface area contributed by atoms with Crippen LogP contribution in [-0.2, 0) is 6.54 Å². The molecule has 0 aliphatic heterocycles. The molecule has 0 aliphatic carbocycles. The number of nitrogens with one attached hydrogen (secondary N) is 1. The maximum Gasteiger partial charge on any atom is 0.573 e. The van der Waals surface area contributed by atoms with Crippen molar-refractivity contribution in [2.45, 2.75) is 12.9 Å². The normalized spacial score (nSPS) is 11.0. The van der Waals surface area contributed by atoms with Crippen molar-refractivity contribution in [3.63, 3.8) is 0 Å². The Labute approximate surface area is 118 Å². The summed E-state index contributed by atoms with van der Waals surface area (Å²) in [6.45, 7) is 0.383. The van der Waals surface area contributed by atoms with Crippen molar-refractivity contribution in [2.24, 2.45) is 0 Å². The van der Waals surface area contributed by atoms with E-state index in [1.165, 1.54) is 43.8 Å². The molecule has 0 saturated heterocycles. The first-order valence-corrected chi connectivity index (χ1v) is 5.91. The Bertz CT molecular complexity index is 588. The quantitative estimate of drug-likeness (QED) is 0.919. The second-order valence-corrected chi connectivity index (χ2v) is 3.99. The van der Waals surface area contributed by atoms with Crippen molar-refractivity contribution in [1.82, 2.24) is 9.97 Å². The molecule has 21 heavy (non-hydrogen) atoms. The van der Waals surface area contributed by atoms with Crippen LogP contribution in [0.3, 0.4) is 0 Å². The fraction of sp³-hybridized carbons (Fsp3) is 0.231. The van der Waals surface area contributed by atoms with E-state index in [1.54, 1.807) is 0 Å². The fourth-order valence-corrected chi connectivity index (χ4v) is 1.53. The van der Waals surface area contributed by atoms with Gasteiger partial charge in [0.05, 0.1) is 19.5 Å². The van der Waals surface area contributed by atoms with Gasteiger partial charge in [-0.05, 0) is 17.7 Å². The number of ether oxygens (including phenoxy) is 2. The van der Waals surface area contributed by atoms with Gasteiger partial charge < -0.3 is 14.8 Å². The lowest BCUT2D eigenvalue weighted by molar-refractivity contribution is -0.274. The van der Waals surface area contributed by atoms with E-state index in [0.717, 1.165) is 5.56 Å². The van der Waals surface area contributed by atoms with Crippen molar-refractivity contribution in [3.8, 4) is 11.6 Å². The van der Waals surface area contributed by atoms with Gasteiger partial charge in [0.1, 0.15) is 11.6 Å². The summed E-state index contributed by atoms with van der Waals surface area (Å²) in [7, 11) is 1.48. The lowest BCUT2D eigenvalue weighted by Gasteiger charge is -2.10. The SMILES string of the molecule is COc1cncc(NCc2ccc(OC(F)(F)F)cc2)n1. The number of methoxy groups -OCH3 is 1. The molecule has 0 amide bonds. The highest BCUT2D eigenvalue weighted by atomic mass is 19.4.